The predicted molar refractivity (Wildman–Crippen MR) is 90.2 cm³/mol. The summed E-state index contributed by atoms with van der Waals surface area (Å²) in [6.45, 7) is 6.66. The van der Waals surface area contributed by atoms with Crippen molar-refractivity contribution in [2.75, 3.05) is 19.7 Å². The maximum absolute atomic E-state index is 5.98. The van der Waals surface area contributed by atoms with Gasteiger partial charge in [-0.1, -0.05) is 58.4 Å². The van der Waals surface area contributed by atoms with Crippen LogP contribution < -0.4 is 0 Å². The summed E-state index contributed by atoms with van der Waals surface area (Å²) < 4.78 is 7.08. The monoisotopic (exact) mass is 345 g/mol. The summed E-state index contributed by atoms with van der Waals surface area (Å²) in [6, 6.07) is 8.42. The molecule has 1 aromatic carbocycles. The van der Waals surface area contributed by atoms with Crippen LogP contribution in [0.4, 0.5) is 0 Å². The van der Waals surface area contributed by atoms with E-state index in [9.17, 15) is 0 Å². The van der Waals surface area contributed by atoms with Crippen molar-refractivity contribution in [3.8, 4) is 0 Å². The number of halogens is 1. The summed E-state index contributed by atoms with van der Waals surface area (Å²) in [7, 11) is 0. The molecule has 1 aliphatic heterocycles. The van der Waals surface area contributed by atoms with Crippen LogP contribution in [0.2, 0.25) is 0 Å². The Morgan fingerprint density at radius 2 is 2.10 bits per heavy atom. The molecule has 0 spiro atoms. The van der Waals surface area contributed by atoms with Crippen LogP contribution in [0.3, 0.4) is 0 Å². The summed E-state index contributed by atoms with van der Waals surface area (Å²) >= 11 is 3.48. The SMILES string of the molecule is C=C[C@]1(N2CCO[C@H](c3ccc(Br)cc3)C2)C=CC=CC1. The highest BCUT2D eigenvalue weighted by molar-refractivity contribution is 9.10. The molecule has 1 aromatic rings. The molecule has 0 bridgehead atoms. The predicted octanol–water partition coefficient (Wildman–Crippen LogP) is 4.26. The summed E-state index contributed by atoms with van der Waals surface area (Å²) in [4.78, 5) is 2.48. The van der Waals surface area contributed by atoms with Gasteiger partial charge in [0.15, 0.2) is 0 Å². The highest BCUT2D eigenvalue weighted by atomic mass is 79.9. The van der Waals surface area contributed by atoms with Crippen molar-refractivity contribution in [1.82, 2.24) is 4.90 Å². The van der Waals surface area contributed by atoms with Crippen molar-refractivity contribution in [3.63, 3.8) is 0 Å². The molecule has 1 fully saturated rings. The van der Waals surface area contributed by atoms with E-state index in [0.29, 0.717) is 0 Å². The summed E-state index contributed by atoms with van der Waals surface area (Å²) in [5, 5.41) is 0. The molecule has 21 heavy (non-hydrogen) atoms. The number of nitrogens with zero attached hydrogens (tertiary/aromatic N) is 1. The third kappa shape index (κ3) is 3.05. The number of allylic oxidation sites excluding steroid dienone is 2. The minimum Gasteiger partial charge on any atom is -0.371 e. The molecule has 0 aromatic heterocycles. The smallest absolute Gasteiger partial charge is 0.0952 e. The average molecular weight is 346 g/mol. The Labute approximate surface area is 134 Å². The Balaban J connectivity index is 1.79. The second-order valence-electron chi connectivity index (χ2n) is 5.54. The van der Waals surface area contributed by atoms with Gasteiger partial charge in [0, 0.05) is 17.6 Å². The van der Waals surface area contributed by atoms with Crippen molar-refractivity contribution in [2.24, 2.45) is 0 Å². The first-order valence-electron chi connectivity index (χ1n) is 7.34. The molecule has 0 unspecified atom stereocenters. The van der Waals surface area contributed by atoms with E-state index in [1.54, 1.807) is 0 Å². The molecule has 3 rings (SSSR count). The number of hydrogen-bond acceptors (Lipinski definition) is 2. The second-order valence-corrected chi connectivity index (χ2v) is 6.46. The molecular weight excluding hydrogens is 326 g/mol. The zero-order chi connectivity index (χ0) is 14.7. The van der Waals surface area contributed by atoms with Crippen LogP contribution >= 0.6 is 15.9 Å². The van der Waals surface area contributed by atoms with Crippen molar-refractivity contribution >= 4 is 15.9 Å². The first-order valence-corrected chi connectivity index (χ1v) is 8.13. The number of hydrogen-bond donors (Lipinski definition) is 0. The van der Waals surface area contributed by atoms with E-state index < -0.39 is 0 Å². The summed E-state index contributed by atoms with van der Waals surface area (Å²) in [6.07, 6.45) is 11.9. The lowest BCUT2D eigenvalue weighted by atomic mass is 9.88. The van der Waals surface area contributed by atoms with Crippen LogP contribution in [0.5, 0.6) is 0 Å². The van der Waals surface area contributed by atoms with Gasteiger partial charge >= 0.3 is 0 Å². The third-order valence-corrected chi connectivity index (χ3v) is 4.86. The van der Waals surface area contributed by atoms with Gasteiger partial charge in [0.1, 0.15) is 0 Å². The normalized spacial score (nSPS) is 29.5. The van der Waals surface area contributed by atoms with Gasteiger partial charge in [-0.25, -0.2) is 0 Å². The molecule has 2 aliphatic rings. The molecule has 0 N–H and O–H groups in total. The molecule has 2 atom stereocenters. The first-order chi connectivity index (χ1) is 10.2. The molecule has 1 aliphatic carbocycles. The van der Waals surface area contributed by atoms with Crippen molar-refractivity contribution in [2.45, 2.75) is 18.1 Å². The lowest BCUT2D eigenvalue weighted by Gasteiger charge is -2.44. The Hall–Kier alpha value is -1.16. The fraction of sp³-hybridized carbons (Fsp3) is 0.333. The minimum atomic E-state index is -0.0633. The van der Waals surface area contributed by atoms with Crippen LogP contribution in [-0.4, -0.2) is 30.1 Å². The van der Waals surface area contributed by atoms with Gasteiger partial charge in [0.05, 0.1) is 18.2 Å². The van der Waals surface area contributed by atoms with E-state index >= 15 is 0 Å². The van der Waals surface area contributed by atoms with Crippen molar-refractivity contribution in [3.05, 3.63) is 71.3 Å². The molecule has 0 radical (unpaired) electrons. The number of rotatable bonds is 3. The second kappa shape index (κ2) is 6.30. The van der Waals surface area contributed by atoms with Gasteiger partial charge in [-0.2, -0.15) is 0 Å². The summed E-state index contributed by atoms with van der Waals surface area (Å²) in [5.74, 6) is 0. The molecule has 1 saturated heterocycles. The van der Waals surface area contributed by atoms with Crippen LogP contribution in [0.15, 0.2) is 65.7 Å². The molecule has 2 nitrogen and oxygen atoms in total. The van der Waals surface area contributed by atoms with Gasteiger partial charge in [-0.3, -0.25) is 4.90 Å². The van der Waals surface area contributed by atoms with Crippen molar-refractivity contribution < 1.29 is 4.74 Å². The first kappa shape index (κ1) is 14.8. The van der Waals surface area contributed by atoms with Gasteiger partial charge in [-0.15, -0.1) is 6.58 Å². The number of benzene rings is 1. The Kier molecular flexibility index (Phi) is 4.43. The molecule has 0 amide bonds. The molecule has 1 heterocycles. The third-order valence-electron chi connectivity index (χ3n) is 4.33. The quantitative estimate of drug-likeness (QED) is 0.758. The zero-order valence-electron chi connectivity index (χ0n) is 12.0. The zero-order valence-corrected chi connectivity index (χ0v) is 13.6. The summed E-state index contributed by atoms with van der Waals surface area (Å²) in [5.41, 5.74) is 1.17. The van der Waals surface area contributed by atoms with Crippen LogP contribution in [0, 0.1) is 0 Å². The van der Waals surface area contributed by atoms with E-state index in [1.165, 1.54) is 5.56 Å². The Bertz CT molecular complexity index is 563. The molecule has 0 saturated carbocycles. The van der Waals surface area contributed by atoms with Crippen LogP contribution in [0.25, 0.3) is 0 Å². The standard InChI is InChI=1S/C18H20BrNO/c1-2-18(10-4-3-5-11-18)20-12-13-21-17(14-20)15-6-8-16(19)9-7-15/h2-10,17H,1,11-14H2/t17-,18-/m0/s1. The van der Waals surface area contributed by atoms with E-state index in [-0.39, 0.29) is 11.6 Å². The Morgan fingerprint density at radius 1 is 1.29 bits per heavy atom. The van der Waals surface area contributed by atoms with Gasteiger partial charge in [0.2, 0.25) is 0 Å². The number of ether oxygens (including phenoxy) is 1. The average Bonchev–Trinajstić information content (AvgIpc) is 2.56. The van der Waals surface area contributed by atoms with E-state index in [0.717, 1.165) is 30.6 Å². The van der Waals surface area contributed by atoms with E-state index in [4.69, 9.17) is 4.74 Å². The number of morpholine rings is 1. The van der Waals surface area contributed by atoms with Gasteiger partial charge < -0.3 is 4.74 Å². The fourth-order valence-corrected chi connectivity index (χ4v) is 3.31. The maximum atomic E-state index is 5.98. The van der Waals surface area contributed by atoms with Gasteiger partial charge in [0.25, 0.3) is 0 Å². The highest BCUT2D eigenvalue weighted by Gasteiger charge is 2.35. The van der Waals surface area contributed by atoms with Crippen molar-refractivity contribution in [1.29, 1.82) is 0 Å². The van der Waals surface area contributed by atoms with E-state index in [2.05, 4.69) is 82.1 Å². The van der Waals surface area contributed by atoms with E-state index in [1.807, 2.05) is 0 Å². The largest absolute Gasteiger partial charge is 0.371 e. The highest BCUT2D eigenvalue weighted by Crippen LogP contribution is 2.32. The topological polar surface area (TPSA) is 12.5 Å². The molecule has 3 heteroatoms. The van der Waals surface area contributed by atoms with Gasteiger partial charge in [-0.05, 0) is 24.1 Å². The lowest BCUT2D eigenvalue weighted by Crippen LogP contribution is -2.52. The maximum Gasteiger partial charge on any atom is 0.0952 e. The minimum absolute atomic E-state index is 0.0633. The Morgan fingerprint density at radius 3 is 2.76 bits per heavy atom. The molecule has 110 valence electrons. The fourth-order valence-electron chi connectivity index (χ4n) is 3.05. The lowest BCUT2D eigenvalue weighted by molar-refractivity contribution is -0.0511. The van der Waals surface area contributed by atoms with Crippen LogP contribution in [0.1, 0.15) is 18.1 Å². The van der Waals surface area contributed by atoms with Crippen LogP contribution in [-0.2, 0) is 4.74 Å². The molecular formula is C18H20BrNO.